The minimum atomic E-state index is 0.0262. The van der Waals surface area contributed by atoms with Crippen LogP contribution in [0.2, 0.25) is 5.02 Å². The second-order valence-electron chi connectivity index (χ2n) is 8.51. The maximum atomic E-state index is 13.1. The zero-order valence-electron chi connectivity index (χ0n) is 17.8. The Morgan fingerprint density at radius 2 is 1.77 bits per heavy atom. The third-order valence-electron chi connectivity index (χ3n) is 6.07. The largest absolute Gasteiger partial charge is 0.491 e. The van der Waals surface area contributed by atoms with E-state index >= 15 is 0 Å². The molecular weight excluding hydrogens is 398 g/mol. The first-order valence-electron chi connectivity index (χ1n) is 10.7. The highest BCUT2D eigenvalue weighted by atomic mass is 35.5. The Morgan fingerprint density at radius 3 is 2.50 bits per heavy atom. The zero-order valence-corrected chi connectivity index (χ0v) is 18.6. The number of nitrogens with zero attached hydrogens (tertiary/aromatic N) is 3. The summed E-state index contributed by atoms with van der Waals surface area (Å²) in [5.41, 5.74) is 3.35. The lowest BCUT2D eigenvalue weighted by Gasteiger charge is -2.32. The van der Waals surface area contributed by atoms with E-state index in [2.05, 4.69) is 42.0 Å². The molecule has 30 heavy (non-hydrogen) atoms. The highest BCUT2D eigenvalue weighted by Gasteiger charge is 2.26. The number of fused-ring (bicyclic) bond motifs is 1. The second kappa shape index (κ2) is 9.38. The van der Waals surface area contributed by atoms with Crippen molar-refractivity contribution in [1.29, 1.82) is 0 Å². The Morgan fingerprint density at radius 1 is 1.07 bits per heavy atom. The Balaban J connectivity index is 1.46. The molecule has 160 valence electrons. The van der Waals surface area contributed by atoms with Crippen LogP contribution in [0.5, 0.6) is 5.75 Å². The van der Waals surface area contributed by atoms with Gasteiger partial charge in [-0.25, -0.2) is 0 Å². The molecule has 1 fully saturated rings. The van der Waals surface area contributed by atoms with E-state index in [1.807, 2.05) is 29.2 Å². The average molecular weight is 428 g/mol. The minimum absolute atomic E-state index is 0.0262. The molecule has 1 saturated heterocycles. The molecule has 2 aliphatic heterocycles. The van der Waals surface area contributed by atoms with Crippen LogP contribution in [-0.4, -0.2) is 66.5 Å². The molecule has 2 heterocycles. The molecule has 0 N–H and O–H groups in total. The lowest BCUT2D eigenvalue weighted by Crippen LogP contribution is -2.43. The van der Waals surface area contributed by atoms with Crippen molar-refractivity contribution in [2.45, 2.75) is 32.5 Å². The van der Waals surface area contributed by atoms with E-state index in [1.54, 1.807) is 0 Å². The maximum absolute atomic E-state index is 13.1. The van der Waals surface area contributed by atoms with Gasteiger partial charge in [0.2, 0.25) is 5.91 Å². The van der Waals surface area contributed by atoms with E-state index in [4.69, 9.17) is 16.3 Å². The summed E-state index contributed by atoms with van der Waals surface area (Å²) in [7, 11) is 2.17. The molecule has 1 atom stereocenters. The summed E-state index contributed by atoms with van der Waals surface area (Å²) in [5.74, 6) is 1.01. The van der Waals surface area contributed by atoms with Crippen molar-refractivity contribution in [2.24, 2.45) is 0 Å². The van der Waals surface area contributed by atoms with E-state index in [1.165, 1.54) is 5.56 Å². The number of carbonyl (C=O) groups is 1. The van der Waals surface area contributed by atoms with Gasteiger partial charge in [-0.05, 0) is 49.4 Å². The van der Waals surface area contributed by atoms with E-state index in [0.717, 1.165) is 49.6 Å². The first-order valence-corrected chi connectivity index (χ1v) is 11.0. The van der Waals surface area contributed by atoms with Crippen LogP contribution in [0.1, 0.15) is 23.6 Å². The Labute approximate surface area is 184 Å². The molecule has 0 radical (unpaired) electrons. The number of rotatable bonds is 4. The van der Waals surface area contributed by atoms with Gasteiger partial charge < -0.3 is 14.5 Å². The highest BCUT2D eigenvalue weighted by Crippen LogP contribution is 2.27. The zero-order chi connectivity index (χ0) is 21.1. The fourth-order valence-electron chi connectivity index (χ4n) is 4.11. The number of benzene rings is 2. The topological polar surface area (TPSA) is 36.0 Å². The summed E-state index contributed by atoms with van der Waals surface area (Å²) in [5, 5.41) is 0.685. The predicted molar refractivity (Wildman–Crippen MR) is 120 cm³/mol. The second-order valence-corrected chi connectivity index (χ2v) is 8.94. The highest BCUT2D eigenvalue weighted by molar-refractivity contribution is 6.30. The molecule has 2 aliphatic rings. The summed E-state index contributed by atoms with van der Waals surface area (Å²) in [4.78, 5) is 19.9. The molecular formula is C24H30ClN3O2. The Hall–Kier alpha value is -2.08. The van der Waals surface area contributed by atoms with Crippen molar-refractivity contribution >= 4 is 17.5 Å². The molecule has 1 amide bonds. The molecule has 0 aliphatic carbocycles. The molecule has 2 aromatic carbocycles. The molecule has 0 spiro atoms. The fourth-order valence-corrected chi connectivity index (χ4v) is 4.24. The Bertz CT molecular complexity index is 879. The van der Waals surface area contributed by atoms with Gasteiger partial charge in [-0.15, -0.1) is 0 Å². The predicted octanol–water partition coefficient (Wildman–Crippen LogP) is 3.44. The van der Waals surface area contributed by atoms with Gasteiger partial charge in [0.1, 0.15) is 12.4 Å². The molecule has 5 nitrogen and oxygen atoms in total. The van der Waals surface area contributed by atoms with Crippen LogP contribution in [0.4, 0.5) is 0 Å². The molecule has 4 rings (SSSR count). The van der Waals surface area contributed by atoms with E-state index in [-0.39, 0.29) is 11.9 Å². The van der Waals surface area contributed by atoms with E-state index in [9.17, 15) is 4.79 Å². The van der Waals surface area contributed by atoms with Gasteiger partial charge in [0.15, 0.2) is 0 Å². The van der Waals surface area contributed by atoms with Crippen LogP contribution in [0.15, 0.2) is 42.5 Å². The van der Waals surface area contributed by atoms with E-state index in [0.29, 0.717) is 24.6 Å². The molecule has 0 aromatic heterocycles. The van der Waals surface area contributed by atoms with Crippen molar-refractivity contribution in [3.63, 3.8) is 0 Å². The van der Waals surface area contributed by atoms with E-state index < -0.39 is 0 Å². The SMILES string of the molecule is C[C@H]1COc2ccc(CN3CCN(C)CC3)cc2CN1C(=O)Cc1ccc(Cl)cc1. The quantitative estimate of drug-likeness (QED) is 0.748. The van der Waals surface area contributed by atoms with Crippen molar-refractivity contribution < 1.29 is 9.53 Å². The number of ether oxygens (including phenoxy) is 1. The number of amides is 1. The number of likely N-dealkylation sites (N-methyl/N-ethyl adjacent to an activating group) is 1. The molecule has 2 aromatic rings. The number of piperazine rings is 1. The monoisotopic (exact) mass is 427 g/mol. The molecule has 0 unspecified atom stereocenters. The molecule has 0 bridgehead atoms. The third-order valence-corrected chi connectivity index (χ3v) is 6.32. The van der Waals surface area contributed by atoms with Crippen LogP contribution in [0, 0.1) is 0 Å². The average Bonchev–Trinajstić information content (AvgIpc) is 2.90. The van der Waals surface area contributed by atoms with Crippen molar-refractivity contribution in [3.8, 4) is 5.75 Å². The number of hydrogen-bond acceptors (Lipinski definition) is 4. The van der Waals surface area contributed by atoms with Gasteiger partial charge in [-0.1, -0.05) is 29.8 Å². The van der Waals surface area contributed by atoms with Crippen LogP contribution in [0.25, 0.3) is 0 Å². The van der Waals surface area contributed by atoms with Crippen molar-refractivity contribution in [1.82, 2.24) is 14.7 Å². The van der Waals surface area contributed by atoms with Gasteiger partial charge in [-0.3, -0.25) is 9.69 Å². The van der Waals surface area contributed by atoms with Crippen LogP contribution >= 0.6 is 11.6 Å². The number of hydrogen-bond donors (Lipinski definition) is 0. The van der Waals surface area contributed by atoms with Gasteiger partial charge in [0, 0.05) is 49.9 Å². The smallest absolute Gasteiger partial charge is 0.227 e. The Kier molecular flexibility index (Phi) is 6.61. The maximum Gasteiger partial charge on any atom is 0.227 e. The van der Waals surface area contributed by atoms with Gasteiger partial charge in [-0.2, -0.15) is 0 Å². The van der Waals surface area contributed by atoms with Crippen molar-refractivity contribution in [2.75, 3.05) is 39.8 Å². The summed E-state index contributed by atoms with van der Waals surface area (Å²) in [6.45, 7) is 8.49. The summed E-state index contributed by atoms with van der Waals surface area (Å²) in [6.07, 6.45) is 0.373. The molecule has 6 heteroatoms. The van der Waals surface area contributed by atoms with Gasteiger partial charge in [0.25, 0.3) is 0 Å². The third kappa shape index (κ3) is 5.15. The number of carbonyl (C=O) groups excluding carboxylic acids is 1. The van der Waals surface area contributed by atoms with Crippen molar-refractivity contribution in [3.05, 3.63) is 64.2 Å². The first-order chi connectivity index (χ1) is 14.5. The lowest BCUT2D eigenvalue weighted by molar-refractivity contribution is -0.133. The van der Waals surface area contributed by atoms with Crippen LogP contribution in [0.3, 0.4) is 0 Å². The van der Waals surface area contributed by atoms with Gasteiger partial charge in [0.05, 0.1) is 12.5 Å². The summed E-state index contributed by atoms with van der Waals surface area (Å²) >= 11 is 5.97. The number of halogens is 1. The lowest BCUT2D eigenvalue weighted by atomic mass is 10.1. The van der Waals surface area contributed by atoms with Crippen LogP contribution in [-0.2, 0) is 24.3 Å². The van der Waals surface area contributed by atoms with Crippen LogP contribution < -0.4 is 4.74 Å². The standard InChI is InChI=1S/C24H30ClN3O2/c1-18-17-30-23-8-5-20(15-27-11-9-26(2)10-12-27)13-21(23)16-28(18)24(29)14-19-3-6-22(25)7-4-19/h3-8,13,18H,9-12,14-17H2,1-2H3/t18-/m0/s1. The molecule has 0 saturated carbocycles. The normalized spacial score (nSPS) is 20.4. The first kappa shape index (κ1) is 21.2. The fraction of sp³-hybridized carbons (Fsp3) is 0.458. The summed E-state index contributed by atoms with van der Waals surface area (Å²) < 4.78 is 6.03. The minimum Gasteiger partial charge on any atom is -0.491 e. The van der Waals surface area contributed by atoms with Gasteiger partial charge >= 0.3 is 0 Å². The summed E-state index contributed by atoms with van der Waals surface area (Å²) in [6, 6.07) is 14.0.